The summed E-state index contributed by atoms with van der Waals surface area (Å²) in [5.74, 6) is -2.23. The molecular weight excluding hydrogens is 344 g/mol. The first-order valence-corrected chi connectivity index (χ1v) is 6.86. The molecule has 0 aliphatic heterocycles. The van der Waals surface area contributed by atoms with Crippen LogP contribution < -0.4 is 11.1 Å². The first-order chi connectivity index (χ1) is 11.7. The van der Waals surface area contributed by atoms with Crippen molar-refractivity contribution in [2.45, 2.75) is 6.18 Å². The number of rotatable bonds is 4. The lowest BCUT2D eigenvalue weighted by atomic mass is 10.1. The molecule has 0 spiro atoms. The number of halogens is 4. The Kier molecular flexibility index (Phi) is 5.26. The zero-order chi connectivity index (χ0) is 18.6. The van der Waals surface area contributed by atoms with Crippen molar-refractivity contribution in [1.29, 1.82) is 0 Å². The second-order valence-corrected chi connectivity index (χ2v) is 4.93. The van der Waals surface area contributed by atoms with E-state index in [0.29, 0.717) is 12.1 Å². The summed E-state index contributed by atoms with van der Waals surface area (Å²) in [6.07, 6.45) is -4.59. The average Bonchev–Trinajstić information content (AvgIpc) is 2.54. The Morgan fingerprint density at radius 1 is 1.08 bits per heavy atom. The van der Waals surface area contributed by atoms with Crippen molar-refractivity contribution in [3.63, 3.8) is 0 Å². The Hall–Kier alpha value is -3.10. The van der Waals surface area contributed by atoms with Crippen molar-refractivity contribution in [3.8, 4) is 0 Å². The summed E-state index contributed by atoms with van der Waals surface area (Å²) >= 11 is 0. The molecule has 0 aliphatic carbocycles. The number of nitrogens with two attached hydrogens (primary N) is 1. The van der Waals surface area contributed by atoms with Gasteiger partial charge in [0, 0.05) is 11.4 Å². The summed E-state index contributed by atoms with van der Waals surface area (Å²) < 4.78 is 55.1. The van der Waals surface area contributed by atoms with Gasteiger partial charge >= 0.3 is 12.1 Å². The summed E-state index contributed by atoms with van der Waals surface area (Å²) in [5, 5.41) is 2.36. The van der Waals surface area contributed by atoms with Gasteiger partial charge in [0.15, 0.2) is 6.61 Å². The first-order valence-electron chi connectivity index (χ1n) is 6.86. The molecule has 0 atom stereocenters. The second kappa shape index (κ2) is 7.20. The standard InChI is InChI=1S/C16H12F4N2O3/c17-10-2-4-11(5-3-10)22-14(23)8-25-15(24)12-6-1-9(7-13(12)21)16(18,19)20/h1-7H,8,21H2,(H,22,23). The number of carbonyl (C=O) groups is 2. The van der Waals surface area contributed by atoms with Crippen molar-refractivity contribution in [2.24, 2.45) is 0 Å². The molecule has 9 heteroatoms. The number of hydrogen-bond acceptors (Lipinski definition) is 4. The molecule has 25 heavy (non-hydrogen) atoms. The molecule has 0 unspecified atom stereocenters. The number of amides is 1. The van der Waals surface area contributed by atoms with Crippen LogP contribution in [0.15, 0.2) is 42.5 Å². The molecule has 0 aromatic heterocycles. The quantitative estimate of drug-likeness (QED) is 0.501. The van der Waals surface area contributed by atoms with E-state index in [1.165, 1.54) is 12.1 Å². The van der Waals surface area contributed by atoms with Gasteiger partial charge in [-0.3, -0.25) is 4.79 Å². The highest BCUT2D eigenvalue weighted by Gasteiger charge is 2.31. The molecule has 1 amide bonds. The van der Waals surface area contributed by atoms with Gasteiger partial charge in [-0.05, 0) is 42.5 Å². The van der Waals surface area contributed by atoms with Crippen molar-refractivity contribution in [1.82, 2.24) is 0 Å². The van der Waals surface area contributed by atoms with E-state index >= 15 is 0 Å². The smallest absolute Gasteiger partial charge is 0.416 e. The lowest BCUT2D eigenvalue weighted by molar-refractivity contribution is -0.137. The molecule has 0 heterocycles. The highest BCUT2D eigenvalue weighted by Crippen LogP contribution is 2.31. The molecule has 3 N–H and O–H groups in total. The van der Waals surface area contributed by atoms with E-state index in [0.717, 1.165) is 18.2 Å². The molecule has 0 aliphatic rings. The fraction of sp³-hybridized carbons (Fsp3) is 0.125. The fourth-order valence-electron chi connectivity index (χ4n) is 1.86. The van der Waals surface area contributed by atoms with Crippen molar-refractivity contribution < 1.29 is 31.9 Å². The number of ether oxygens (including phenoxy) is 1. The minimum absolute atomic E-state index is 0.288. The monoisotopic (exact) mass is 356 g/mol. The van der Waals surface area contributed by atoms with Crippen LogP contribution in [-0.4, -0.2) is 18.5 Å². The predicted octanol–water partition coefficient (Wildman–Crippen LogP) is 3.22. The summed E-state index contributed by atoms with van der Waals surface area (Å²) in [6.45, 7) is -0.684. The maximum Gasteiger partial charge on any atom is 0.416 e. The number of nitrogens with one attached hydrogen (secondary N) is 1. The van der Waals surface area contributed by atoms with E-state index in [1.807, 2.05) is 0 Å². The third-order valence-corrected chi connectivity index (χ3v) is 3.06. The normalized spacial score (nSPS) is 11.0. The van der Waals surface area contributed by atoms with Gasteiger partial charge < -0.3 is 15.8 Å². The van der Waals surface area contributed by atoms with Gasteiger partial charge in [0.25, 0.3) is 5.91 Å². The lowest BCUT2D eigenvalue weighted by Gasteiger charge is -2.11. The first kappa shape index (κ1) is 18.2. The SMILES string of the molecule is Nc1cc(C(F)(F)F)ccc1C(=O)OCC(=O)Nc1ccc(F)cc1. The number of carbonyl (C=O) groups excluding carboxylic acids is 2. The Morgan fingerprint density at radius 2 is 1.72 bits per heavy atom. The van der Waals surface area contributed by atoms with Crippen molar-refractivity contribution in [3.05, 3.63) is 59.4 Å². The average molecular weight is 356 g/mol. The summed E-state index contributed by atoms with van der Waals surface area (Å²) in [7, 11) is 0. The minimum atomic E-state index is -4.59. The van der Waals surface area contributed by atoms with Gasteiger partial charge in [0.1, 0.15) is 5.82 Å². The van der Waals surface area contributed by atoms with Crippen molar-refractivity contribution in [2.75, 3.05) is 17.7 Å². The molecule has 2 aromatic carbocycles. The lowest BCUT2D eigenvalue weighted by Crippen LogP contribution is -2.21. The third kappa shape index (κ3) is 4.93. The molecule has 5 nitrogen and oxygen atoms in total. The molecule has 0 fully saturated rings. The van der Waals surface area contributed by atoms with E-state index in [2.05, 4.69) is 5.32 Å². The van der Waals surface area contributed by atoms with Crippen LogP contribution in [0.4, 0.5) is 28.9 Å². The highest BCUT2D eigenvalue weighted by atomic mass is 19.4. The molecular formula is C16H12F4N2O3. The van der Waals surface area contributed by atoms with Crippen LogP contribution in [0.2, 0.25) is 0 Å². The highest BCUT2D eigenvalue weighted by molar-refractivity contribution is 5.98. The minimum Gasteiger partial charge on any atom is -0.452 e. The Bertz CT molecular complexity index is 789. The number of nitrogen functional groups attached to an aromatic ring is 1. The van der Waals surface area contributed by atoms with Gasteiger partial charge in [-0.1, -0.05) is 0 Å². The van der Waals surface area contributed by atoms with Crippen molar-refractivity contribution >= 4 is 23.3 Å². The van der Waals surface area contributed by atoms with Gasteiger partial charge in [-0.15, -0.1) is 0 Å². The number of esters is 1. The number of alkyl halides is 3. The van der Waals surface area contributed by atoms with E-state index in [9.17, 15) is 27.2 Å². The van der Waals surface area contributed by atoms with Crippen LogP contribution in [0.3, 0.4) is 0 Å². The maximum absolute atomic E-state index is 12.7. The maximum atomic E-state index is 12.7. The Balaban J connectivity index is 1.95. The molecule has 132 valence electrons. The van der Waals surface area contributed by atoms with E-state index < -0.39 is 41.7 Å². The van der Waals surface area contributed by atoms with Crippen LogP contribution >= 0.6 is 0 Å². The van der Waals surface area contributed by atoms with Crippen LogP contribution in [0.25, 0.3) is 0 Å². The van der Waals surface area contributed by atoms with Crippen LogP contribution in [0, 0.1) is 5.82 Å². The van der Waals surface area contributed by atoms with Gasteiger partial charge in [0.05, 0.1) is 11.1 Å². The molecule has 0 saturated heterocycles. The zero-order valence-electron chi connectivity index (χ0n) is 12.6. The van der Waals surface area contributed by atoms with E-state index in [-0.39, 0.29) is 11.3 Å². The molecule has 2 rings (SSSR count). The Labute approximate surface area is 139 Å². The molecule has 2 aromatic rings. The van der Waals surface area contributed by atoms with E-state index in [1.54, 1.807) is 0 Å². The Morgan fingerprint density at radius 3 is 2.28 bits per heavy atom. The van der Waals surface area contributed by atoms with Crippen LogP contribution in [0.5, 0.6) is 0 Å². The molecule has 0 bridgehead atoms. The third-order valence-electron chi connectivity index (χ3n) is 3.06. The molecule has 0 radical (unpaired) electrons. The van der Waals surface area contributed by atoms with Gasteiger partial charge in [-0.2, -0.15) is 13.2 Å². The fourth-order valence-corrected chi connectivity index (χ4v) is 1.86. The second-order valence-electron chi connectivity index (χ2n) is 4.93. The predicted molar refractivity (Wildman–Crippen MR) is 81.2 cm³/mol. The number of benzene rings is 2. The topological polar surface area (TPSA) is 81.4 Å². The van der Waals surface area contributed by atoms with E-state index in [4.69, 9.17) is 10.5 Å². The van der Waals surface area contributed by atoms with Gasteiger partial charge in [0.2, 0.25) is 0 Å². The largest absolute Gasteiger partial charge is 0.452 e. The van der Waals surface area contributed by atoms with Crippen LogP contribution in [-0.2, 0) is 15.7 Å². The summed E-state index contributed by atoms with van der Waals surface area (Å²) in [4.78, 5) is 23.5. The summed E-state index contributed by atoms with van der Waals surface area (Å²) in [6, 6.07) is 7.04. The summed E-state index contributed by atoms with van der Waals surface area (Å²) in [5.41, 5.74) is 4.00. The zero-order valence-corrected chi connectivity index (χ0v) is 12.6. The van der Waals surface area contributed by atoms with Gasteiger partial charge in [-0.25, -0.2) is 9.18 Å². The van der Waals surface area contributed by atoms with Crippen LogP contribution in [0.1, 0.15) is 15.9 Å². The molecule has 0 saturated carbocycles. The number of hydrogen-bond donors (Lipinski definition) is 2. The number of anilines is 2.